The number of rotatable bonds is 6. The second-order valence-electron chi connectivity index (χ2n) is 5.66. The van der Waals surface area contributed by atoms with Gasteiger partial charge in [-0.05, 0) is 57.9 Å². The highest BCUT2D eigenvalue weighted by atomic mass is 15.3. The molecule has 0 fully saturated rings. The Labute approximate surface area is 128 Å². The molecule has 1 aromatic heterocycles. The first-order valence-electron chi connectivity index (χ1n) is 7.96. The highest BCUT2D eigenvalue weighted by molar-refractivity contribution is 5.69. The van der Waals surface area contributed by atoms with Crippen LogP contribution in [0.3, 0.4) is 0 Å². The largest absolute Gasteiger partial charge is 0.310 e. The highest BCUT2D eigenvalue weighted by Crippen LogP contribution is 2.29. The van der Waals surface area contributed by atoms with Crippen LogP contribution in [-0.2, 0) is 6.54 Å². The Hall–Kier alpha value is -1.61. The summed E-state index contributed by atoms with van der Waals surface area (Å²) in [7, 11) is 0. The minimum Gasteiger partial charge on any atom is -0.310 e. The van der Waals surface area contributed by atoms with Crippen molar-refractivity contribution in [2.75, 3.05) is 6.54 Å². The molecule has 0 aliphatic rings. The fraction of sp³-hybridized carbons (Fsp3) is 0.500. The molecule has 0 bridgehead atoms. The van der Waals surface area contributed by atoms with E-state index in [1.165, 1.54) is 22.4 Å². The van der Waals surface area contributed by atoms with Crippen LogP contribution in [0.2, 0.25) is 0 Å². The van der Waals surface area contributed by atoms with Gasteiger partial charge in [-0.3, -0.25) is 4.68 Å². The Balaban J connectivity index is 2.35. The topological polar surface area (TPSA) is 29.9 Å². The monoisotopic (exact) mass is 285 g/mol. The zero-order valence-electron chi connectivity index (χ0n) is 13.9. The van der Waals surface area contributed by atoms with Gasteiger partial charge in [-0.1, -0.05) is 25.1 Å². The van der Waals surface area contributed by atoms with Crippen molar-refractivity contribution < 1.29 is 0 Å². The van der Waals surface area contributed by atoms with Gasteiger partial charge in [0.15, 0.2) is 0 Å². The minimum absolute atomic E-state index is 0.381. The van der Waals surface area contributed by atoms with E-state index in [9.17, 15) is 0 Å². The number of hydrogen-bond donors (Lipinski definition) is 1. The van der Waals surface area contributed by atoms with Gasteiger partial charge in [0.05, 0.1) is 5.69 Å². The van der Waals surface area contributed by atoms with Gasteiger partial charge in [-0.15, -0.1) is 0 Å². The van der Waals surface area contributed by atoms with E-state index in [1.807, 2.05) is 0 Å². The highest BCUT2D eigenvalue weighted by Gasteiger charge is 2.14. The summed E-state index contributed by atoms with van der Waals surface area (Å²) in [6.07, 6.45) is 1.16. The molecule has 21 heavy (non-hydrogen) atoms. The molecular weight excluding hydrogens is 258 g/mol. The van der Waals surface area contributed by atoms with E-state index in [0.29, 0.717) is 6.04 Å². The minimum atomic E-state index is 0.381. The average molecular weight is 285 g/mol. The molecule has 1 heterocycles. The van der Waals surface area contributed by atoms with Crippen molar-refractivity contribution in [2.24, 2.45) is 0 Å². The van der Waals surface area contributed by atoms with Gasteiger partial charge in [0, 0.05) is 23.8 Å². The molecule has 0 saturated carbocycles. The summed E-state index contributed by atoms with van der Waals surface area (Å²) in [6, 6.07) is 9.21. The standard InChI is InChI=1S/C18H27N3/c1-6-11-19-13(3)16-9-8-10-17(12-16)18-14(4)20-21(7-2)15(18)5/h8-10,12-13,19H,6-7,11H2,1-5H3. The molecule has 1 aromatic carbocycles. The quantitative estimate of drug-likeness (QED) is 0.860. The molecule has 1 atom stereocenters. The maximum atomic E-state index is 4.63. The fourth-order valence-electron chi connectivity index (χ4n) is 2.86. The molecule has 0 spiro atoms. The van der Waals surface area contributed by atoms with Gasteiger partial charge in [-0.2, -0.15) is 5.10 Å². The van der Waals surface area contributed by atoms with Gasteiger partial charge in [-0.25, -0.2) is 0 Å². The molecule has 0 aliphatic carbocycles. The molecule has 0 saturated heterocycles. The number of aryl methyl sites for hydroxylation is 2. The van der Waals surface area contributed by atoms with Crippen LogP contribution >= 0.6 is 0 Å². The number of benzene rings is 1. The van der Waals surface area contributed by atoms with Crippen LogP contribution in [-0.4, -0.2) is 16.3 Å². The Bertz CT molecular complexity index is 599. The van der Waals surface area contributed by atoms with Crippen LogP contribution in [0.1, 0.15) is 50.2 Å². The Morgan fingerprint density at radius 1 is 1.24 bits per heavy atom. The smallest absolute Gasteiger partial charge is 0.0674 e. The lowest BCUT2D eigenvalue weighted by Crippen LogP contribution is -2.19. The second kappa shape index (κ2) is 6.90. The first-order chi connectivity index (χ1) is 10.1. The van der Waals surface area contributed by atoms with E-state index in [4.69, 9.17) is 0 Å². The third kappa shape index (κ3) is 3.35. The third-order valence-electron chi connectivity index (χ3n) is 4.06. The van der Waals surface area contributed by atoms with E-state index in [1.54, 1.807) is 0 Å². The maximum Gasteiger partial charge on any atom is 0.0674 e. The second-order valence-corrected chi connectivity index (χ2v) is 5.66. The van der Waals surface area contributed by atoms with Crippen LogP contribution in [0.4, 0.5) is 0 Å². The molecule has 0 radical (unpaired) electrons. The molecule has 1 N–H and O–H groups in total. The lowest BCUT2D eigenvalue weighted by molar-refractivity contribution is 0.571. The van der Waals surface area contributed by atoms with Crippen LogP contribution in [0.15, 0.2) is 24.3 Å². The predicted octanol–water partition coefficient (Wildman–Crippen LogP) is 4.25. The van der Waals surface area contributed by atoms with Crippen molar-refractivity contribution in [3.63, 3.8) is 0 Å². The van der Waals surface area contributed by atoms with E-state index < -0.39 is 0 Å². The summed E-state index contributed by atoms with van der Waals surface area (Å²) in [5, 5.41) is 8.18. The molecule has 114 valence electrons. The zero-order valence-corrected chi connectivity index (χ0v) is 13.9. The first kappa shape index (κ1) is 15.8. The van der Waals surface area contributed by atoms with Crippen LogP contribution in [0.5, 0.6) is 0 Å². The molecule has 2 rings (SSSR count). The van der Waals surface area contributed by atoms with Crippen LogP contribution in [0.25, 0.3) is 11.1 Å². The predicted molar refractivity (Wildman–Crippen MR) is 89.5 cm³/mol. The Morgan fingerprint density at radius 3 is 2.62 bits per heavy atom. The molecular formula is C18H27N3. The van der Waals surface area contributed by atoms with Crippen LogP contribution in [0, 0.1) is 13.8 Å². The molecule has 0 aliphatic heterocycles. The summed E-state index contributed by atoms with van der Waals surface area (Å²) >= 11 is 0. The number of aromatic nitrogens is 2. The molecule has 3 heteroatoms. The lowest BCUT2D eigenvalue weighted by atomic mass is 9.99. The Kier molecular flexibility index (Phi) is 5.18. The van der Waals surface area contributed by atoms with Gasteiger partial charge < -0.3 is 5.32 Å². The van der Waals surface area contributed by atoms with Crippen molar-refractivity contribution in [1.29, 1.82) is 0 Å². The van der Waals surface area contributed by atoms with E-state index in [2.05, 4.69) is 74.0 Å². The van der Waals surface area contributed by atoms with E-state index >= 15 is 0 Å². The molecule has 0 amide bonds. The van der Waals surface area contributed by atoms with Gasteiger partial charge >= 0.3 is 0 Å². The molecule has 1 unspecified atom stereocenters. The van der Waals surface area contributed by atoms with Crippen molar-refractivity contribution in [1.82, 2.24) is 15.1 Å². The number of hydrogen-bond acceptors (Lipinski definition) is 2. The first-order valence-corrected chi connectivity index (χ1v) is 7.96. The van der Waals surface area contributed by atoms with Gasteiger partial charge in [0.2, 0.25) is 0 Å². The van der Waals surface area contributed by atoms with Crippen molar-refractivity contribution >= 4 is 0 Å². The maximum absolute atomic E-state index is 4.63. The SMILES string of the molecule is CCCNC(C)c1cccc(-c2c(C)nn(CC)c2C)c1. The van der Waals surface area contributed by atoms with E-state index in [0.717, 1.165) is 25.2 Å². The van der Waals surface area contributed by atoms with Crippen LogP contribution < -0.4 is 5.32 Å². The fourth-order valence-corrected chi connectivity index (χ4v) is 2.86. The van der Waals surface area contributed by atoms with Crippen molar-refractivity contribution in [3.05, 3.63) is 41.2 Å². The van der Waals surface area contributed by atoms with E-state index in [-0.39, 0.29) is 0 Å². The lowest BCUT2D eigenvalue weighted by Gasteiger charge is -2.15. The summed E-state index contributed by atoms with van der Waals surface area (Å²) < 4.78 is 2.08. The van der Waals surface area contributed by atoms with Gasteiger partial charge in [0.1, 0.15) is 0 Å². The summed E-state index contributed by atoms with van der Waals surface area (Å²) in [6.45, 7) is 12.8. The number of nitrogens with zero attached hydrogens (tertiary/aromatic N) is 2. The zero-order chi connectivity index (χ0) is 15.4. The average Bonchev–Trinajstić information content (AvgIpc) is 2.79. The normalized spacial score (nSPS) is 12.6. The number of nitrogens with one attached hydrogen (secondary N) is 1. The van der Waals surface area contributed by atoms with Crippen molar-refractivity contribution in [2.45, 2.75) is 53.6 Å². The Morgan fingerprint density at radius 2 is 2.00 bits per heavy atom. The molecule has 3 nitrogen and oxygen atoms in total. The summed E-state index contributed by atoms with van der Waals surface area (Å²) in [5.74, 6) is 0. The molecule has 2 aromatic rings. The summed E-state index contributed by atoms with van der Waals surface area (Å²) in [5.41, 5.74) is 6.25. The summed E-state index contributed by atoms with van der Waals surface area (Å²) in [4.78, 5) is 0. The van der Waals surface area contributed by atoms with Gasteiger partial charge in [0.25, 0.3) is 0 Å². The third-order valence-corrected chi connectivity index (χ3v) is 4.06. The van der Waals surface area contributed by atoms with Crippen molar-refractivity contribution in [3.8, 4) is 11.1 Å².